The van der Waals surface area contributed by atoms with E-state index in [9.17, 15) is 22.8 Å². The Morgan fingerprint density at radius 1 is 1.22 bits per heavy atom. The van der Waals surface area contributed by atoms with Gasteiger partial charge in [-0.05, 0) is 25.0 Å². The lowest BCUT2D eigenvalue weighted by Crippen LogP contribution is -2.48. The summed E-state index contributed by atoms with van der Waals surface area (Å²) < 4.78 is 46.0. The number of aromatic amines is 1. The summed E-state index contributed by atoms with van der Waals surface area (Å²) in [6.45, 7) is 2.92. The zero-order valence-electron chi connectivity index (χ0n) is 19.9. The molecule has 196 valence electrons. The number of pyridine rings is 1. The van der Waals surface area contributed by atoms with Crippen molar-refractivity contribution in [2.24, 2.45) is 0 Å². The predicted molar refractivity (Wildman–Crippen MR) is 128 cm³/mol. The lowest BCUT2D eigenvalue weighted by molar-refractivity contribution is -0.138. The molecule has 4 heterocycles. The Bertz CT molecular complexity index is 1220. The SMILES string of the molecule is N#Cc1ccc(N2CCN(C(=O)/C=C/COC[C@H]3CCCN3c3cn[nH]c(=O)c3C(F)(F)F)CC2)nc1. The lowest BCUT2D eigenvalue weighted by atomic mass is 10.2. The Kier molecular flexibility index (Phi) is 8.08. The van der Waals surface area contributed by atoms with E-state index in [-0.39, 0.29) is 30.9 Å². The minimum absolute atomic E-state index is 0.130. The Hall–Kier alpha value is -3.92. The van der Waals surface area contributed by atoms with E-state index in [1.54, 1.807) is 23.1 Å². The third kappa shape index (κ3) is 6.26. The molecule has 37 heavy (non-hydrogen) atoms. The first-order valence-corrected chi connectivity index (χ1v) is 11.8. The summed E-state index contributed by atoms with van der Waals surface area (Å²) in [5.74, 6) is 0.608. The number of alkyl halides is 3. The second kappa shape index (κ2) is 11.4. The van der Waals surface area contributed by atoms with E-state index in [4.69, 9.17) is 10.00 Å². The van der Waals surface area contributed by atoms with Gasteiger partial charge >= 0.3 is 6.18 Å². The number of piperazine rings is 1. The first kappa shape index (κ1) is 26.2. The fourth-order valence-electron chi connectivity index (χ4n) is 4.53. The average Bonchev–Trinajstić information content (AvgIpc) is 3.36. The van der Waals surface area contributed by atoms with E-state index >= 15 is 0 Å². The highest BCUT2D eigenvalue weighted by Gasteiger charge is 2.40. The van der Waals surface area contributed by atoms with Crippen LogP contribution in [0, 0.1) is 11.3 Å². The van der Waals surface area contributed by atoms with Gasteiger partial charge in [0.1, 0.15) is 17.5 Å². The summed E-state index contributed by atoms with van der Waals surface area (Å²) in [5, 5.41) is 14.3. The molecule has 1 atom stereocenters. The van der Waals surface area contributed by atoms with Crippen molar-refractivity contribution in [2.45, 2.75) is 25.1 Å². The summed E-state index contributed by atoms with van der Waals surface area (Å²) in [4.78, 5) is 33.9. The molecule has 2 aliphatic rings. The summed E-state index contributed by atoms with van der Waals surface area (Å²) >= 11 is 0. The first-order valence-electron chi connectivity index (χ1n) is 11.8. The van der Waals surface area contributed by atoms with Crippen LogP contribution in [0.5, 0.6) is 0 Å². The van der Waals surface area contributed by atoms with Crippen LogP contribution >= 0.6 is 0 Å². The fraction of sp³-hybridized carbons (Fsp3) is 0.458. The highest BCUT2D eigenvalue weighted by Crippen LogP contribution is 2.36. The van der Waals surface area contributed by atoms with Gasteiger partial charge in [0.2, 0.25) is 5.91 Å². The van der Waals surface area contributed by atoms with Gasteiger partial charge in [0.05, 0.1) is 36.7 Å². The molecule has 10 nitrogen and oxygen atoms in total. The molecular weight excluding hydrogens is 491 g/mol. The van der Waals surface area contributed by atoms with Gasteiger partial charge in [-0.1, -0.05) is 6.08 Å². The summed E-state index contributed by atoms with van der Waals surface area (Å²) in [7, 11) is 0. The van der Waals surface area contributed by atoms with Gasteiger partial charge in [-0.15, -0.1) is 0 Å². The van der Waals surface area contributed by atoms with Gasteiger partial charge in [-0.2, -0.15) is 23.5 Å². The number of nitriles is 1. The molecular formula is C24H26F3N7O3. The normalized spacial score (nSPS) is 18.4. The van der Waals surface area contributed by atoms with Crippen LogP contribution in [0.25, 0.3) is 0 Å². The van der Waals surface area contributed by atoms with Gasteiger partial charge < -0.3 is 19.4 Å². The monoisotopic (exact) mass is 517 g/mol. The van der Waals surface area contributed by atoms with Crippen LogP contribution in [0.4, 0.5) is 24.7 Å². The molecule has 4 rings (SSSR count). The van der Waals surface area contributed by atoms with E-state index in [1.807, 2.05) is 16.1 Å². The highest BCUT2D eigenvalue weighted by atomic mass is 19.4. The molecule has 0 radical (unpaired) electrons. The van der Waals surface area contributed by atoms with Crippen molar-refractivity contribution >= 4 is 17.4 Å². The number of anilines is 2. The highest BCUT2D eigenvalue weighted by molar-refractivity contribution is 5.87. The number of ether oxygens (including phenoxy) is 1. The van der Waals surface area contributed by atoms with E-state index < -0.39 is 17.3 Å². The maximum Gasteiger partial charge on any atom is 0.423 e. The topological polar surface area (TPSA) is 118 Å². The molecule has 2 aromatic heterocycles. The van der Waals surface area contributed by atoms with E-state index in [0.29, 0.717) is 51.1 Å². The van der Waals surface area contributed by atoms with Crippen LogP contribution < -0.4 is 15.4 Å². The molecule has 0 unspecified atom stereocenters. The van der Waals surface area contributed by atoms with Crippen LogP contribution in [0.1, 0.15) is 24.0 Å². The molecule has 2 aliphatic heterocycles. The Morgan fingerprint density at radius 3 is 2.68 bits per heavy atom. The quantitative estimate of drug-likeness (QED) is 0.437. The Balaban J connectivity index is 1.24. The second-order valence-electron chi connectivity index (χ2n) is 8.72. The summed E-state index contributed by atoms with van der Waals surface area (Å²) in [5.41, 5.74) is -2.28. The van der Waals surface area contributed by atoms with Gasteiger partial charge in [-0.3, -0.25) is 9.59 Å². The van der Waals surface area contributed by atoms with Gasteiger partial charge in [0, 0.05) is 45.0 Å². The van der Waals surface area contributed by atoms with Crippen molar-refractivity contribution < 1.29 is 22.7 Å². The van der Waals surface area contributed by atoms with Gasteiger partial charge in [-0.25, -0.2) is 10.1 Å². The van der Waals surface area contributed by atoms with Crippen LogP contribution in [0.15, 0.2) is 41.5 Å². The minimum Gasteiger partial charge on any atom is -0.375 e. The number of hydrogen-bond acceptors (Lipinski definition) is 8. The fourth-order valence-corrected chi connectivity index (χ4v) is 4.53. The molecule has 0 aliphatic carbocycles. The van der Waals surface area contributed by atoms with Gasteiger partial charge in [0.15, 0.2) is 0 Å². The standard InChI is InChI=1S/C24H26F3N7O3/c25-24(26,27)22-19(15-30-31-23(22)36)34-7-1-3-18(34)16-37-12-2-4-21(35)33-10-8-32(9-11-33)20-6-5-17(13-28)14-29-20/h2,4-6,14-15,18H,1,3,7-12,16H2,(H,31,36)/b4-2+/t18-/m1/s1. The Morgan fingerprint density at radius 2 is 2.00 bits per heavy atom. The number of H-pyrrole nitrogens is 1. The molecule has 2 saturated heterocycles. The maximum absolute atomic E-state index is 13.4. The number of nitrogens with zero attached hydrogens (tertiary/aromatic N) is 6. The molecule has 0 bridgehead atoms. The summed E-state index contributed by atoms with van der Waals surface area (Å²) in [6.07, 6.45) is 2.05. The number of carbonyl (C=O) groups excluding carboxylic acids is 1. The Labute approximate surface area is 210 Å². The molecule has 2 fully saturated rings. The first-order chi connectivity index (χ1) is 17.8. The predicted octanol–water partition coefficient (Wildman–Crippen LogP) is 1.95. The number of halogens is 3. The third-order valence-electron chi connectivity index (χ3n) is 6.38. The smallest absolute Gasteiger partial charge is 0.375 e. The number of carbonyl (C=O) groups is 1. The molecule has 0 aromatic carbocycles. The van der Waals surface area contributed by atoms with E-state index in [1.165, 1.54) is 17.2 Å². The molecule has 13 heteroatoms. The van der Waals surface area contributed by atoms with Crippen LogP contribution in [0.2, 0.25) is 0 Å². The van der Waals surface area contributed by atoms with Crippen molar-refractivity contribution in [1.29, 1.82) is 5.26 Å². The molecule has 0 saturated carbocycles. The number of hydrogen-bond donors (Lipinski definition) is 1. The summed E-state index contributed by atoms with van der Waals surface area (Å²) in [6, 6.07) is 5.19. The van der Waals surface area contributed by atoms with Crippen molar-refractivity contribution in [2.75, 3.05) is 55.7 Å². The van der Waals surface area contributed by atoms with Crippen molar-refractivity contribution in [1.82, 2.24) is 20.1 Å². The van der Waals surface area contributed by atoms with E-state index in [2.05, 4.69) is 10.1 Å². The molecule has 2 aromatic rings. The largest absolute Gasteiger partial charge is 0.423 e. The third-order valence-corrected chi connectivity index (χ3v) is 6.38. The van der Waals surface area contributed by atoms with Crippen molar-refractivity contribution in [3.63, 3.8) is 0 Å². The molecule has 1 amide bonds. The van der Waals surface area contributed by atoms with E-state index in [0.717, 1.165) is 12.0 Å². The van der Waals surface area contributed by atoms with Crippen LogP contribution in [-0.4, -0.2) is 78.0 Å². The maximum atomic E-state index is 13.4. The van der Waals surface area contributed by atoms with Crippen molar-refractivity contribution in [3.8, 4) is 6.07 Å². The average molecular weight is 518 g/mol. The van der Waals surface area contributed by atoms with Crippen LogP contribution in [-0.2, 0) is 15.7 Å². The number of nitrogens with one attached hydrogen (secondary N) is 1. The van der Waals surface area contributed by atoms with Crippen LogP contribution in [0.3, 0.4) is 0 Å². The number of rotatable bonds is 7. The number of amides is 1. The molecule has 0 spiro atoms. The zero-order valence-corrected chi connectivity index (χ0v) is 19.9. The van der Waals surface area contributed by atoms with Crippen molar-refractivity contribution in [3.05, 3.63) is 58.2 Å². The lowest BCUT2D eigenvalue weighted by Gasteiger charge is -2.34. The minimum atomic E-state index is -4.80. The second-order valence-corrected chi connectivity index (χ2v) is 8.72. The zero-order chi connectivity index (χ0) is 26.4. The number of aromatic nitrogens is 3. The molecule has 1 N–H and O–H groups in total. The van der Waals surface area contributed by atoms with Gasteiger partial charge in [0.25, 0.3) is 5.56 Å².